The topological polar surface area (TPSA) is 71.3 Å². The van der Waals surface area contributed by atoms with Gasteiger partial charge in [-0.15, -0.1) is 0 Å². The molecule has 1 heterocycles. The van der Waals surface area contributed by atoms with Crippen LogP contribution in [-0.4, -0.2) is 28.1 Å². The maximum absolute atomic E-state index is 11.1. The van der Waals surface area contributed by atoms with Crippen molar-refractivity contribution in [3.8, 4) is 0 Å². The molecule has 1 aromatic rings. The molecule has 1 rings (SSSR count). The van der Waals surface area contributed by atoms with Gasteiger partial charge in [-0.05, 0) is 11.6 Å². The molecule has 0 saturated heterocycles. The first kappa shape index (κ1) is 10.3. The fraction of sp³-hybridized carbons (Fsp3) is 0.333. The Balaban J connectivity index is 2.37. The number of aryl methyl sites for hydroxylation is 1. The summed E-state index contributed by atoms with van der Waals surface area (Å²) in [7, 11) is 1.86. The number of carbonyl (C=O) groups is 2. The zero-order valence-corrected chi connectivity index (χ0v) is 7.86. The summed E-state index contributed by atoms with van der Waals surface area (Å²) in [4.78, 5) is 21.3. The molecule has 0 spiro atoms. The van der Waals surface area contributed by atoms with E-state index < -0.39 is 5.97 Å². The van der Waals surface area contributed by atoms with Crippen LogP contribution in [-0.2, 0) is 23.1 Å². The minimum atomic E-state index is -1.04. The molecular formula is C9H12N2O3. The molecule has 0 bridgehead atoms. The fourth-order valence-electron chi connectivity index (χ4n) is 1.09. The SMILES string of the molecule is Cn1ccc(CC(=O)NCC(=O)O)c1. The number of nitrogens with zero attached hydrogens (tertiary/aromatic N) is 1. The molecule has 5 heteroatoms. The molecule has 5 nitrogen and oxygen atoms in total. The first-order chi connectivity index (χ1) is 6.58. The van der Waals surface area contributed by atoms with E-state index in [-0.39, 0.29) is 18.9 Å². The largest absolute Gasteiger partial charge is 0.480 e. The van der Waals surface area contributed by atoms with Gasteiger partial charge in [-0.3, -0.25) is 9.59 Å². The van der Waals surface area contributed by atoms with E-state index in [0.717, 1.165) is 5.56 Å². The number of aliphatic carboxylic acids is 1. The number of amides is 1. The maximum Gasteiger partial charge on any atom is 0.322 e. The van der Waals surface area contributed by atoms with Gasteiger partial charge in [-0.1, -0.05) is 0 Å². The first-order valence-electron chi connectivity index (χ1n) is 4.17. The van der Waals surface area contributed by atoms with Crippen LogP contribution in [0.2, 0.25) is 0 Å². The number of rotatable bonds is 4. The summed E-state index contributed by atoms with van der Waals surface area (Å²) in [6.45, 7) is -0.328. The van der Waals surface area contributed by atoms with Crippen LogP contribution in [0, 0.1) is 0 Å². The number of nitrogens with one attached hydrogen (secondary N) is 1. The van der Waals surface area contributed by atoms with Gasteiger partial charge in [0.15, 0.2) is 0 Å². The van der Waals surface area contributed by atoms with E-state index in [9.17, 15) is 9.59 Å². The van der Waals surface area contributed by atoms with Gasteiger partial charge in [0.25, 0.3) is 0 Å². The van der Waals surface area contributed by atoms with Crippen molar-refractivity contribution in [2.75, 3.05) is 6.54 Å². The molecule has 1 aromatic heterocycles. The summed E-state index contributed by atoms with van der Waals surface area (Å²) >= 11 is 0. The molecule has 2 N–H and O–H groups in total. The third kappa shape index (κ3) is 3.30. The van der Waals surface area contributed by atoms with E-state index in [0.29, 0.717) is 0 Å². The first-order valence-corrected chi connectivity index (χ1v) is 4.17. The quantitative estimate of drug-likeness (QED) is 0.698. The molecule has 0 fully saturated rings. The molecule has 0 unspecified atom stereocenters. The zero-order chi connectivity index (χ0) is 10.6. The van der Waals surface area contributed by atoms with E-state index in [1.165, 1.54) is 0 Å². The molecule has 0 radical (unpaired) electrons. The summed E-state index contributed by atoms with van der Waals surface area (Å²) in [5.74, 6) is -1.31. The molecule has 14 heavy (non-hydrogen) atoms. The van der Waals surface area contributed by atoms with E-state index >= 15 is 0 Å². The van der Waals surface area contributed by atoms with Crippen molar-refractivity contribution in [3.63, 3.8) is 0 Å². The number of hydrogen-bond donors (Lipinski definition) is 2. The van der Waals surface area contributed by atoms with Crippen LogP contribution in [0.5, 0.6) is 0 Å². The summed E-state index contributed by atoms with van der Waals surface area (Å²) in [6, 6.07) is 1.82. The second-order valence-corrected chi connectivity index (χ2v) is 3.03. The monoisotopic (exact) mass is 196 g/mol. The van der Waals surface area contributed by atoms with Crippen LogP contribution >= 0.6 is 0 Å². The van der Waals surface area contributed by atoms with E-state index in [2.05, 4.69) is 5.32 Å². The predicted molar refractivity (Wildman–Crippen MR) is 49.8 cm³/mol. The lowest BCUT2D eigenvalue weighted by atomic mass is 10.2. The van der Waals surface area contributed by atoms with Crippen molar-refractivity contribution < 1.29 is 14.7 Å². The van der Waals surface area contributed by atoms with Crippen LogP contribution in [0.4, 0.5) is 0 Å². The summed E-state index contributed by atoms with van der Waals surface area (Å²) in [5, 5.41) is 10.6. The number of aromatic nitrogens is 1. The Morgan fingerprint density at radius 1 is 1.57 bits per heavy atom. The lowest BCUT2D eigenvalue weighted by Crippen LogP contribution is -2.30. The summed E-state index contributed by atoms with van der Waals surface area (Å²) in [5.41, 5.74) is 0.871. The Morgan fingerprint density at radius 2 is 2.29 bits per heavy atom. The maximum atomic E-state index is 11.1. The zero-order valence-electron chi connectivity index (χ0n) is 7.86. The van der Waals surface area contributed by atoms with Crippen molar-refractivity contribution in [1.82, 2.24) is 9.88 Å². The molecule has 1 amide bonds. The highest BCUT2D eigenvalue weighted by atomic mass is 16.4. The Hall–Kier alpha value is -1.78. The number of hydrogen-bond acceptors (Lipinski definition) is 2. The number of carboxylic acids is 1. The van der Waals surface area contributed by atoms with Crippen LogP contribution in [0.1, 0.15) is 5.56 Å². The normalized spacial score (nSPS) is 9.79. The molecule has 0 saturated carbocycles. The van der Waals surface area contributed by atoms with E-state index in [1.807, 2.05) is 30.1 Å². The van der Waals surface area contributed by atoms with Gasteiger partial charge >= 0.3 is 5.97 Å². The van der Waals surface area contributed by atoms with Crippen LogP contribution in [0.25, 0.3) is 0 Å². The van der Waals surface area contributed by atoms with Crippen LogP contribution < -0.4 is 5.32 Å². The van der Waals surface area contributed by atoms with E-state index in [4.69, 9.17) is 5.11 Å². The Kier molecular flexibility index (Phi) is 3.28. The number of carbonyl (C=O) groups excluding carboxylic acids is 1. The number of carboxylic acid groups (broad SMARTS) is 1. The van der Waals surface area contributed by atoms with Gasteiger partial charge in [0.2, 0.25) is 5.91 Å². The van der Waals surface area contributed by atoms with Gasteiger partial charge in [-0.2, -0.15) is 0 Å². The van der Waals surface area contributed by atoms with Crippen molar-refractivity contribution in [3.05, 3.63) is 24.0 Å². The summed E-state index contributed by atoms with van der Waals surface area (Å²) < 4.78 is 1.83. The van der Waals surface area contributed by atoms with Crippen molar-refractivity contribution in [2.45, 2.75) is 6.42 Å². The molecule has 0 aromatic carbocycles. The Labute approximate surface area is 81.3 Å². The van der Waals surface area contributed by atoms with Gasteiger partial charge < -0.3 is 15.0 Å². The third-order valence-electron chi connectivity index (χ3n) is 1.69. The lowest BCUT2D eigenvalue weighted by Gasteiger charge is -1.99. The van der Waals surface area contributed by atoms with Gasteiger partial charge in [0, 0.05) is 19.4 Å². The molecule has 0 aliphatic carbocycles. The predicted octanol–water partition coefficient (Wildman–Crippen LogP) is -0.232. The average molecular weight is 196 g/mol. The van der Waals surface area contributed by atoms with Crippen molar-refractivity contribution in [2.24, 2.45) is 7.05 Å². The molecule has 0 aliphatic heterocycles. The highest BCUT2D eigenvalue weighted by Gasteiger charge is 2.05. The van der Waals surface area contributed by atoms with Gasteiger partial charge in [-0.25, -0.2) is 0 Å². The Morgan fingerprint density at radius 3 is 2.79 bits per heavy atom. The van der Waals surface area contributed by atoms with Gasteiger partial charge in [0.1, 0.15) is 6.54 Å². The molecular weight excluding hydrogens is 184 g/mol. The van der Waals surface area contributed by atoms with Gasteiger partial charge in [0.05, 0.1) is 6.42 Å². The van der Waals surface area contributed by atoms with Crippen LogP contribution in [0.15, 0.2) is 18.5 Å². The molecule has 76 valence electrons. The Bertz CT molecular complexity index is 344. The smallest absolute Gasteiger partial charge is 0.322 e. The average Bonchev–Trinajstić information content (AvgIpc) is 2.48. The minimum Gasteiger partial charge on any atom is -0.480 e. The standard InChI is InChI=1S/C9H12N2O3/c1-11-3-2-7(6-11)4-8(12)10-5-9(13)14/h2-3,6H,4-5H2,1H3,(H,10,12)(H,13,14). The molecule has 0 atom stereocenters. The highest BCUT2D eigenvalue weighted by Crippen LogP contribution is 1.99. The van der Waals surface area contributed by atoms with Crippen molar-refractivity contribution in [1.29, 1.82) is 0 Å². The minimum absolute atomic E-state index is 0.216. The fourth-order valence-corrected chi connectivity index (χ4v) is 1.09. The third-order valence-corrected chi connectivity index (χ3v) is 1.69. The van der Waals surface area contributed by atoms with Crippen molar-refractivity contribution >= 4 is 11.9 Å². The highest BCUT2D eigenvalue weighted by molar-refractivity contribution is 5.82. The summed E-state index contributed by atoms with van der Waals surface area (Å²) in [6.07, 6.45) is 3.87. The lowest BCUT2D eigenvalue weighted by molar-refractivity contribution is -0.137. The van der Waals surface area contributed by atoms with E-state index in [1.54, 1.807) is 0 Å². The second kappa shape index (κ2) is 4.45. The second-order valence-electron chi connectivity index (χ2n) is 3.03. The molecule has 0 aliphatic rings. The van der Waals surface area contributed by atoms with Crippen LogP contribution in [0.3, 0.4) is 0 Å².